The summed E-state index contributed by atoms with van der Waals surface area (Å²) in [6, 6.07) is 6.47. The van der Waals surface area contributed by atoms with Gasteiger partial charge < -0.3 is 14.6 Å². The highest BCUT2D eigenvalue weighted by Gasteiger charge is 2.19. The molecule has 2 heterocycles. The van der Waals surface area contributed by atoms with E-state index in [9.17, 15) is 0 Å². The van der Waals surface area contributed by atoms with Crippen molar-refractivity contribution < 1.29 is 4.74 Å². The van der Waals surface area contributed by atoms with Crippen molar-refractivity contribution in [3.63, 3.8) is 0 Å². The van der Waals surface area contributed by atoms with Gasteiger partial charge in [-0.15, -0.1) is 0 Å². The standard InChI is InChI=1S/C15H21N3O/c1-18-14-8-7-11(19-2)10-13(14)17-15(18)12-6-4-3-5-9-16-12/h7-8,10,12,16H,3-6,9H2,1-2H3. The van der Waals surface area contributed by atoms with E-state index in [0.29, 0.717) is 6.04 Å². The molecule has 19 heavy (non-hydrogen) atoms. The fraction of sp³-hybridized carbons (Fsp3) is 0.533. The third-order valence-electron chi connectivity index (χ3n) is 3.99. The number of ether oxygens (including phenoxy) is 1. The first-order chi connectivity index (χ1) is 9.29. The van der Waals surface area contributed by atoms with Gasteiger partial charge in [0.25, 0.3) is 0 Å². The van der Waals surface area contributed by atoms with Crippen LogP contribution in [0.4, 0.5) is 0 Å². The summed E-state index contributed by atoms with van der Waals surface area (Å²) in [4.78, 5) is 4.81. The van der Waals surface area contributed by atoms with Crippen LogP contribution < -0.4 is 10.1 Å². The Morgan fingerprint density at radius 3 is 3.05 bits per heavy atom. The maximum atomic E-state index is 5.27. The lowest BCUT2D eigenvalue weighted by Crippen LogP contribution is -2.23. The molecule has 102 valence electrons. The van der Waals surface area contributed by atoms with Gasteiger partial charge in [0, 0.05) is 13.1 Å². The van der Waals surface area contributed by atoms with Gasteiger partial charge in [-0.1, -0.05) is 12.8 Å². The molecule has 0 amide bonds. The maximum Gasteiger partial charge on any atom is 0.126 e. The van der Waals surface area contributed by atoms with Crippen molar-refractivity contribution in [2.24, 2.45) is 7.05 Å². The monoisotopic (exact) mass is 259 g/mol. The second kappa shape index (κ2) is 5.21. The molecule has 1 fully saturated rings. The SMILES string of the molecule is COc1ccc2c(c1)nc(C1CCCCCN1)n2C. The topological polar surface area (TPSA) is 39.1 Å². The van der Waals surface area contributed by atoms with E-state index in [1.54, 1.807) is 7.11 Å². The number of methoxy groups -OCH3 is 1. The average molecular weight is 259 g/mol. The molecule has 0 radical (unpaired) electrons. The van der Waals surface area contributed by atoms with Crippen molar-refractivity contribution in [3.05, 3.63) is 24.0 Å². The van der Waals surface area contributed by atoms with Gasteiger partial charge in [0.2, 0.25) is 0 Å². The quantitative estimate of drug-likeness (QED) is 0.901. The zero-order chi connectivity index (χ0) is 13.2. The average Bonchev–Trinajstić information content (AvgIpc) is 2.64. The summed E-state index contributed by atoms with van der Waals surface area (Å²) in [5.41, 5.74) is 2.18. The first-order valence-corrected chi connectivity index (χ1v) is 7.03. The van der Waals surface area contributed by atoms with E-state index in [4.69, 9.17) is 9.72 Å². The highest BCUT2D eigenvalue weighted by Crippen LogP contribution is 2.27. The zero-order valence-corrected chi connectivity index (χ0v) is 11.6. The van der Waals surface area contributed by atoms with E-state index < -0.39 is 0 Å². The van der Waals surface area contributed by atoms with Crippen LogP contribution in [0.15, 0.2) is 18.2 Å². The molecule has 2 aromatic rings. The molecule has 0 aliphatic carbocycles. The maximum absolute atomic E-state index is 5.27. The van der Waals surface area contributed by atoms with Crippen molar-refractivity contribution in [1.82, 2.24) is 14.9 Å². The number of hydrogen-bond donors (Lipinski definition) is 1. The number of nitrogens with one attached hydrogen (secondary N) is 1. The highest BCUT2D eigenvalue weighted by molar-refractivity contribution is 5.77. The van der Waals surface area contributed by atoms with Gasteiger partial charge >= 0.3 is 0 Å². The van der Waals surface area contributed by atoms with Crippen LogP contribution in [-0.4, -0.2) is 23.2 Å². The van der Waals surface area contributed by atoms with Crippen LogP contribution >= 0.6 is 0 Å². The van der Waals surface area contributed by atoms with E-state index in [-0.39, 0.29) is 0 Å². The minimum Gasteiger partial charge on any atom is -0.497 e. The molecule has 3 rings (SSSR count). The predicted molar refractivity (Wildman–Crippen MR) is 76.5 cm³/mol. The number of rotatable bonds is 2. The fourth-order valence-electron chi connectivity index (χ4n) is 2.89. The van der Waals surface area contributed by atoms with Gasteiger partial charge in [0.05, 0.1) is 24.2 Å². The Labute approximate surface area is 113 Å². The third-order valence-corrected chi connectivity index (χ3v) is 3.99. The highest BCUT2D eigenvalue weighted by atomic mass is 16.5. The molecule has 1 aromatic carbocycles. The molecule has 1 saturated heterocycles. The van der Waals surface area contributed by atoms with Crippen LogP contribution in [0.2, 0.25) is 0 Å². The van der Waals surface area contributed by atoms with Crippen LogP contribution in [0.25, 0.3) is 11.0 Å². The van der Waals surface area contributed by atoms with Crippen molar-refractivity contribution >= 4 is 11.0 Å². The van der Waals surface area contributed by atoms with Gasteiger partial charge in [-0.3, -0.25) is 0 Å². The van der Waals surface area contributed by atoms with E-state index in [2.05, 4.69) is 23.0 Å². The molecule has 0 spiro atoms. The van der Waals surface area contributed by atoms with E-state index in [0.717, 1.165) is 23.6 Å². The van der Waals surface area contributed by atoms with E-state index >= 15 is 0 Å². The predicted octanol–water partition coefficient (Wildman–Crippen LogP) is 2.79. The summed E-state index contributed by atoms with van der Waals surface area (Å²) in [6.07, 6.45) is 5.05. The second-order valence-corrected chi connectivity index (χ2v) is 5.24. The number of fused-ring (bicyclic) bond motifs is 1. The first kappa shape index (κ1) is 12.5. The lowest BCUT2D eigenvalue weighted by molar-refractivity contribution is 0.415. The lowest BCUT2D eigenvalue weighted by Gasteiger charge is -2.15. The molecule has 0 bridgehead atoms. The minimum absolute atomic E-state index is 0.380. The van der Waals surface area contributed by atoms with Gasteiger partial charge in [-0.25, -0.2) is 4.98 Å². The molecule has 1 aliphatic rings. The number of aromatic nitrogens is 2. The zero-order valence-electron chi connectivity index (χ0n) is 11.6. The van der Waals surface area contributed by atoms with Crippen molar-refractivity contribution in [1.29, 1.82) is 0 Å². The normalized spacial score (nSPS) is 20.4. The number of imidazole rings is 1. The molecular weight excluding hydrogens is 238 g/mol. The number of benzene rings is 1. The molecular formula is C15H21N3O. The largest absolute Gasteiger partial charge is 0.497 e. The molecule has 1 N–H and O–H groups in total. The summed E-state index contributed by atoms with van der Waals surface area (Å²) in [6.45, 7) is 1.09. The van der Waals surface area contributed by atoms with Crippen molar-refractivity contribution in [3.8, 4) is 5.75 Å². The number of hydrogen-bond acceptors (Lipinski definition) is 3. The third kappa shape index (κ3) is 2.32. The van der Waals surface area contributed by atoms with Gasteiger partial charge in [-0.05, 0) is 31.5 Å². The molecule has 1 atom stereocenters. The fourth-order valence-corrected chi connectivity index (χ4v) is 2.89. The Balaban J connectivity index is 2.00. The summed E-state index contributed by atoms with van der Waals surface area (Å²) >= 11 is 0. The Morgan fingerprint density at radius 2 is 2.21 bits per heavy atom. The van der Waals surface area contributed by atoms with Crippen molar-refractivity contribution in [2.45, 2.75) is 31.7 Å². The Hall–Kier alpha value is -1.55. The molecule has 1 aromatic heterocycles. The smallest absolute Gasteiger partial charge is 0.126 e. The molecule has 0 saturated carbocycles. The van der Waals surface area contributed by atoms with Gasteiger partial charge in [0.1, 0.15) is 11.6 Å². The summed E-state index contributed by atoms with van der Waals surface area (Å²) in [5.74, 6) is 2.01. The summed E-state index contributed by atoms with van der Waals surface area (Å²) in [5, 5.41) is 3.61. The Morgan fingerprint density at radius 1 is 1.32 bits per heavy atom. The van der Waals surface area contributed by atoms with E-state index in [1.165, 1.54) is 31.2 Å². The summed E-state index contributed by atoms with van der Waals surface area (Å²) in [7, 11) is 3.79. The Kier molecular flexibility index (Phi) is 3.42. The number of aryl methyl sites for hydroxylation is 1. The Bertz CT molecular complexity index is 568. The lowest BCUT2D eigenvalue weighted by atomic mass is 10.1. The summed E-state index contributed by atoms with van der Waals surface area (Å²) < 4.78 is 7.48. The second-order valence-electron chi connectivity index (χ2n) is 5.24. The van der Waals surface area contributed by atoms with Crippen molar-refractivity contribution in [2.75, 3.05) is 13.7 Å². The molecule has 4 heteroatoms. The van der Waals surface area contributed by atoms with E-state index in [1.807, 2.05) is 12.1 Å². The van der Waals surface area contributed by atoms with Crippen LogP contribution in [0.3, 0.4) is 0 Å². The van der Waals surface area contributed by atoms with Crippen LogP contribution in [0.5, 0.6) is 5.75 Å². The van der Waals surface area contributed by atoms with Crippen LogP contribution in [0, 0.1) is 0 Å². The molecule has 1 aliphatic heterocycles. The van der Waals surface area contributed by atoms with Gasteiger partial charge in [0.15, 0.2) is 0 Å². The van der Waals surface area contributed by atoms with Gasteiger partial charge in [-0.2, -0.15) is 0 Å². The number of nitrogens with zero attached hydrogens (tertiary/aromatic N) is 2. The first-order valence-electron chi connectivity index (χ1n) is 7.03. The van der Waals surface area contributed by atoms with Crippen LogP contribution in [-0.2, 0) is 7.05 Å². The molecule has 1 unspecified atom stereocenters. The minimum atomic E-state index is 0.380. The van der Waals surface area contributed by atoms with Crippen LogP contribution in [0.1, 0.15) is 37.5 Å². The molecule has 4 nitrogen and oxygen atoms in total.